The molecule has 0 aliphatic heterocycles. The lowest BCUT2D eigenvalue weighted by atomic mass is 10.2. The molecule has 0 aromatic rings. The summed E-state index contributed by atoms with van der Waals surface area (Å²) in [5.74, 6) is 0.727. The fourth-order valence-corrected chi connectivity index (χ4v) is 4.00. The fraction of sp³-hybridized carbons (Fsp3) is 0.857. The van der Waals surface area contributed by atoms with E-state index in [0.717, 1.165) is 37.9 Å². The van der Waals surface area contributed by atoms with Crippen molar-refractivity contribution < 1.29 is 19.1 Å². The second-order valence-electron chi connectivity index (χ2n) is 4.61. The third-order valence-electron chi connectivity index (χ3n) is 2.47. The summed E-state index contributed by atoms with van der Waals surface area (Å²) in [6, 6.07) is 0. The van der Waals surface area contributed by atoms with Crippen molar-refractivity contribution in [3.05, 3.63) is 0 Å². The van der Waals surface area contributed by atoms with Gasteiger partial charge in [-0.05, 0) is 32.1 Å². The lowest BCUT2D eigenvalue weighted by Gasteiger charge is -2.10. The van der Waals surface area contributed by atoms with E-state index in [4.69, 9.17) is 9.47 Å². The number of carbonyl (C=O) groups is 2. The van der Waals surface area contributed by atoms with Crippen LogP contribution in [0.4, 0.5) is 0 Å². The average molecular weight is 322 g/mol. The summed E-state index contributed by atoms with van der Waals surface area (Å²) in [5, 5.41) is 0.580. The number of carbonyl (C=O) groups excluding carboxylic acids is 2. The molecule has 6 heteroatoms. The maximum Gasteiger partial charge on any atom is 0.302 e. The number of hydrogen-bond donors (Lipinski definition) is 0. The Balaban J connectivity index is 3.20. The van der Waals surface area contributed by atoms with Gasteiger partial charge in [0, 0.05) is 24.9 Å². The van der Waals surface area contributed by atoms with Crippen LogP contribution < -0.4 is 0 Å². The highest BCUT2D eigenvalue weighted by Crippen LogP contribution is 2.30. The zero-order chi connectivity index (χ0) is 15.2. The Kier molecular flexibility index (Phi) is 13.4. The molecule has 0 aromatic heterocycles. The third-order valence-corrected chi connectivity index (χ3v) is 5.52. The Bertz CT molecular complexity index is 272. The van der Waals surface area contributed by atoms with Crippen molar-refractivity contribution in [1.29, 1.82) is 0 Å². The number of ether oxygens (including phenoxy) is 2. The highest BCUT2D eigenvalue weighted by molar-refractivity contribution is 8.76. The van der Waals surface area contributed by atoms with Crippen LogP contribution in [0.2, 0.25) is 0 Å². The van der Waals surface area contributed by atoms with Gasteiger partial charge in [-0.3, -0.25) is 9.59 Å². The van der Waals surface area contributed by atoms with Gasteiger partial charge in [0.25, 0.3) is 0 Å². The monoisotopic (exact) mass is 322 g/mol. The molecule has 1 unspecified atom stereocenters. The Morgan fingerprint density at radius 1 is 0.950 bits per heavy atom. The van der Waals surface area contributed by atoms with Gasteiger partial charge in [-0.15, -0.1) is 0 Å². The largest absolute Gasteiger partial charge is 0.466 e. The van der Waals surface area contributed by atoms with Crippen molar-refractivity contribution in [1.82, 2.24) is 0 Å². The number of unbranched alkanes of at least 4 members (excludes halogenated alkanes) is 2. The Morgan fingerprint density at radius 2 is 1.55 bits per heavy atom. The molecule has 0 aromatic carbocycles. The van der Waals surface area contributed by atoms with Gasteiger partial charge in [0.1, 0.15) is 0 Å². The maximum absolute atomic E-state index is 10.6. The molecule has 0 amide bonds. The molecule has 0 heterocycles. The van der Waals surface area contributed by atoms with Gasteiger partial charge in [0.2, 0.25) is 0 Å². The van der Waals surface area contributed by atoms with Crippen LogP contribution in [-0.2, 0) is 19.1 Å². The molecule has 0 N–H and O–H groups in total. The van der Waals surface area contributed by atoms with E-state index in [1.54, 1.807) is 0 Å². The molecule has 0 aliphatic carbocycles. The SMILES string of the molecule is CC(=O)OCCCCCSSC(C)CCCOC(C)=O. The molecule has 0 saturated heterocycles. The molecule has 0 fully saturated rings. The summed E-state index contributed by atoms with van der Waals surface area (Å²) in [6.07, 6.45) is 5.19. The lowest BCUT2D eigenvalue weighted by molar-refractivity contribution is -0.142. The predicted molar refractivity (Wildman–Crippen MR) is 85.9 cm³/mol. The van der Waals surface area contributed by atoms with Crippen LogP contribution in [0.1, 0.15) is 52.9 Å². The van der Waals surface area contributed by atoms with E-state index >= 15 is 0 Å². The smallest absolute Gasteiger partial charge is 0.302 e. The summed E-state index contributed by atoms with van der Waals surface area (Å²) < 4.78 is 9.77. The van der Waals surface area contributed by atoms with Crippen molar-refractivity contribution in [2.75, 3.05) is 19.0 Å². The molecule has 1 atom stereocenters. The van der Waals surface area contributed by atoms with E-state index in [1.807, 2.05) is 21.6 Å². The molecule has 0 saturated carbocycles. The van der Waals surface area contributed by atoms with Crippen LogP contribution >= 0.6 is 21.6 Å². The van der Waals surface area contributed by atoms with Gasteiger partial charge in [0.15, 0.2) is 0 Å². The molecule has 4 nitrogen and oxygen atoms in total. The van der Waals surface area contributed by atoms with E-state index in [9.17, 15) is 9.59 Å². The molecule has 0 aliphatic rings. The quantitative estimate of drug-likeness (QED) is 0.309. The van der Waals surface area contributed by atoms with Crippen LogP contribution in [0.5, 0.6) is 0 Å². The van der Waals surface area contributed by atoms with Gasteiger partial charge < -0.3 is 9.47 Å². The van der Waals surface area contributed by atoms with E-state index < -0.39 is 0 Å². The average Bonchev–Trinajstić information content (AvgIpc) is 2.37. The minimum absolute atomic E-state index is 0.197. The predicted octanol–water partition coefficient (Wildman–Crippen LogP) is 3.83. The molecule has 118 valence electrons. The second-order valence-corrected chi connectivity index (χ2v) is 7.54. The first kappa shape index (κ1) is 19.6. The van der Waals surface area contributed by atoms with Crippen molar-refractivity contribution in [2.45, 2.75) is 58.1 Å². The lowest BCUT2D eigenvalue weighted by Crippen LogP contribution is -2.03. The zero-order valence-corrected chi connectivity index (χ0v) is 14.3. The third kappa shape index (κ3) is 15.7. The van der Waals surface area contributed by atoms with Gasteiger partial charge >= 0.3 is 11.9 Å². The Morgan fingerprint density at radius 3 is 2.15 bits per heavy atom. The molecular formula is C14H26O4S2. The topological polar surface area (TPSA) is 52.6 Å². The zero-order valence-electron chi connectivity index (χ0n) is 12.7. The van der Waals surface area contributed by atoms with Gasteiger partial charge in [-0.1, -0.05) is 28.5 Å². The van der Waals surface area contributed by atoms with Crippen LogP contribution in [-0.4, -0.2) is 36.2 Å². The second kappa shape index (κ2) is 13.6. The molecule has 0 radical (unpaired) electrons. The van der Waals surface area contributed by atoms with Crippen molar-refractivity contribution in [3.8, 4) is 0 Å². The van der Waals surface area contributed by atoms with E-state index in [0.29, 0.717) is 18.5 Å². The maximum atomic E-state index is 10.6. The molecule has 0 bridgehead atoms. The van der Waals surface area contributed by atoms with Gasteiger partial charge in [-0.2, -0.15) is 0 Å². The summed E-state index contributed by atoms with van der Waals surface area (Å²) >= 11 is 0. The van der Waals surface area contributed by atoms with E-state index in [2.05, 4.69) is 6.92 Å². The minimum atomic E-state index is -0.201. The summed E-state index contributed by atoms with van der Waals surface area (Å²) in [7, 11) is 3.79. The first-order chi connectivity index (χ1) is 9.52. The molecule has 0 spiro atoms. The highest BCUT2D eigenvalue weighted by Gasteiger charge is 2.04. The standard InChI is InChI=1S/C14H26O4S2/c1-12(8-7-10-18-14(3)16)20-19-11-6-4-5-9-17-13(2)15/h12H,4-11H2,1-3H3. The van der Waals surface area contributed by atoms with Gasteiger partial charge in [0.05, 0.1) is 13.2 Å². The Labute approximate surface area is 130 Å². The van der Waals surface area contributed by atoms with E-state index in [1.165, 1.54) is 13.8 Å². The normalized spacial score (nSPS) is 11.9. The summed E-state index contributed by atoms with van der Waals surface area (Å²) in [6.45, 7) is 6.15. The highest BCUT2D eigenvalue weighted by atomic mass is 33.1. The van der Waals surface area contributed by atoms with E-state index in [-0.39, 0.29) is 11.9 Å². The van der Waals surface area contributed by atoms with Crippen LogP contribution in [0.3, 0.4) is 0 Å². The number of esters is 2. The number of rotatable bonds is 12. The first-order valence-corrected chi connectivity index (χ1v) is 9.45. The first-order valence-electron chi connectivity index (χ1n) is 7.07. The summed E-state index contributed by atoms with van der Waals surface area (Å²) in [4.78, 5) is 21.1. The van der Waals surface area contributed by atoms with Crippen LogP contribution in [0, 0.1) is 0 Å². The van der Waals surface area contributed by atoms with Crippen LogP contribution in [0.15, 0.2) is 0 Å². The minimum Gasteiger partial charge on any atom is -0.466 e. The molecule has 0 rings (SSSR count). The van der Waals surface area contributed by atoms with Crippen molar-refractivity contribution in [2.24, 2.45) is 0 Å². The molecular weight excluding hydrogens is 296 g/mol. The fourth-order valence-electron chi connectivity index (χ4n) is 1.45. The van der Waals surface area contributed by atoms with Crippen LogP contribution in [0.25, 0.3) is 0 Å². The number of hydrogen-bond acceptors (Lipinski definition) is 6. The van der Waals surface area contributed by atoms with Crippen molar-refractivity contribution in [3.63, 3.8) is 0 Å². The van der Waals surface area contributed by atoms with Gasteiger partial charge in [-0.25, -0.2) is 0 Å². The summed E-state index contributed by atoms with van der Waals surface area (Å²) in [5.41, 5.74) is 0. The Hall–Kier alpha value is -0.360. The van der Waals surface area contributed by atoms with Crippen molar-refractivity contribution >= 4 is 33.5 Å². The molecule has 20 heavy (non-hydrogen) atoms.